The molecule has 3 aromatic carbocycles. The van der Waals surface area contributed by atoms with Crippen LogP contribution >= 0.6 is 0 Å². The van der Waals surface area contributed by atoms with Crippen molar-refractivity contribution in [2.24, 2.45) is 0 Å². The summed E-state index contributed by atoms with van der Waals surface area (Å²) >= 11 is 0. The Bertz CT molecular complexity index is 1130. The van der Waals surface area contributed by atoms with E-state index >= 15 is 0 Å². The van der Waals surface area contributed by atoms with Gasteiger partial charge in [0.25, 0.3) is 0 Å². The number of allylic oxidation sites excluding steroid dienone is 4. The minimum absolute atomic E-state index is 0.885. The molecule has 1 N–H and O–H groups in total. The molecule has 1 heterocycles. The summed E-state index contributed by atoms with van der Waals surface area (Å²) in [7, 11) is 0. The van der Waals surface area contributed by atoms with Crippen molar-refractivity contribution >= 4 is 38.9 Å². The van der Waals surface area contributed by atoms with Crippen LogP contribution in [0, 0.1) is 0 Å². The minimum atomic E-state index is 0.885. The van der Waals surface area contributed by atoms with Crippen LogP contribution in [-0.2, 0) is 0 Å². The van der Waals surface area contributed by atoms with Gasteiger partial charge in [0.1, 0.15) is 11.2 Å². The van der Waals surface area contributed by atoms with E-state index in [0.29, 0.717) is 0 Å². The summed E-state index contributed by atoms with van der Waals surface area (Å²) < 4.78 is 5.95. The lowest BCUT2D eigenvalue weighted by atomic mass is 10.1. The van der Waals surface area contributed by atoms with Gasteiger partial charge in [-0.1, -0.05) is 61.7 Å². The smallest absolute Gasteiger partial charge is 0.137 e. The monoisotopic (exact) mass is 337 g/mol. The van der Waals surface area contributed by atoms with E-state index in [1.54, 1.807) is 6.08 Å². The SMILES string of the molecule is C=C/C=C(\C=C)c1ccc(Nc2ccc3c(c2)oc2ccccc23)cc1. The lowest BCUT2D eigenvalue weighted by Gasteiger charge is -2.08. The quantitative estimate of drug-likeness (QED) is 0.393. The van der Waals surface area contributed by atoms with Gasteiger partial charge in [0.15, 0.2) is 0 Å². The first-order valence-corrected chi connectivity index (χ1v) is 8.52. The topological polar surface area (TPSA) is 25.2 Å². The van der Waals surface area contributed by atoms with Gasteiger partial charge in [-0.3, -0.25) is 0 Å². The first-order chi connectivity index (χ1) is 12.8. The molecule has 0 spiro atoms. The Hall–Kier alpha value is -3.52. The molecule has 0 aliphatic heterocycles. The van der Waals surface area contributed by atoms with Crippen LogP contribution in [0.5, 0.6) is 0 Å². The van der Waals surface area contributed by atoms with Crippen LogP contribution in [0.3, 0.4) is 0 Å². The number of benzene rings is 3. The molecule has 1 aromatic heterocycles. The zero-order valence-corrected chi connectivity index (χ0v) is 14.4. The van der Waals surface area contributed by atoms with Gasteiger partial charge in [-0.25, -0.2) is 0 Å². The minimum Gasteiger partial charge on any atom is -0.456 e. The van der Waals surface area contributed by atoms with Crippen molar-refractivity contribution in [2.45, 2.75) is 0 Å². The molecular formula is C24H19NO. The fourth-order valence-corrected chi connectivity index (χ4v) is 3.13. The lowest BCUT2D eigenvalue weighted by molar-refractivity contribution is 0.669. The highest BCUT2D eigenvalue weighted by molar-refractivity contribution is 6.05. The molecule has 0 atom stereocenters. The molecule has 126 valence electrons. The largest absolute Gasteiger partial charge is 0.456 e. The van der Waals surface area contributed by atoms with Crippen molar-refractivity contribution in [3.63, 3.8) is 0 Å². The molecule has 0 amide bonds. The molecule has 0 saturated heterocycles. The third-order valence-electron chi connectivity index (χ3n) is 4.40. The molecule has 0 radical (unpaired) electrons. The molecule has 2 heteroatoms. The third-order valence-corrected chi connectivity index (χ3v) is 4.40. The molecule has 4 rings (SSSR count). The fourth-order valence-electron chi connectivity index (χ4n) is 3.13. The average molecular weight is 337 g/mol. The van der Waals surface area contributed by atoms with Crippen LogP contribution in [0.2, 0.25) is 0 Å². The number of fused-ring (bicyclic) bond motifs is 3. The van der Waals surface area contributed by atoms with E-state index < -0.39 is 0 Å². The number of anilines is 2. The Kier molecular flexibility index (Phi) is 4.16. The molecule has 0 fully saturated rings. The molecule has 4 aromatic rings. The van der Waals surface area contributed by atoms with Crippen molar-refractivity contribution in [2.75, 3.05) is 5.32 Å². The zero-order valence-electron chi connectivity index (χ0n) is 14.4. The first-order valence-electron chi connectivity index (χ1n) is 8.52. The van der Waals surface area contributed by atoms with Crippen LogP contribution in [0.4, 0.5) is 11.4 Å². The van der Waals surface area contributed by atoms with Gasteiger partial charge in [-0.05, 0) is 41.5 Å². The molecule has 0 aliphatic rings. The molecule has 0 bridgehead atoms. The van der Waals surface area contributed by atoms with Gasteiger partial charge in [0.2, 0.25) is 0 Å². The Balaban J connectivity index is 1.62. The summed E-state index contributed by atoms with van der Waals surface area (Å²) in [6.07, 6.45) is 5.55. The van der Waals surface area contributed by atoms with Crippen LogP contribution in [0.15, 0.2) is 103 Å². The van der Waals surface area contributed by atoms with Gasteiger partial charge < -0.3 is 9.73 Å². The van der Waals surface area contributed by atoms with Gasteiger partial charge in [0.05, 0.1) is 0 Å². The second-order valence-corrected chi connectivity index (χ2v) is 6.07. The van der Waals surface area contributed by atoms with E-state index in [0.717, 1.165) is 44.4 Å². The Morgan fingerprint density at radius 2 is 1.54 bits per heavy atom. The summed E-state index contributed by atoms with van der Waals surface area (Å²) in [6.45, 7) is 7.59. The number of para-hydroxylation sites is 1. The number of hydrogen-bond acceptors (Lipinski definition) is 2. The van der Waals surface area contributed by atoms with E-state index in [9.17, 15) is 0 Å². The maximum Gasteiger partial charge on any atom is 0.137 e. The highest BCUT2D eigenvalue weighted by Gasteiger charge is 2.07. The molecule has 2 nitrogen and oxygen atoms in total. The maximum absolute atomic E-state index is 5.95. The van der Waals surface area contributed by atoms with Crippen molar-refractivity contribution in [3.05, 3.63) is 104 Å². The summed E-state index contributed by atoms with van der Waals surface area (Å²) in [5.74, 6) is 0. The highest BCUT2D eigenvalue weighted by Crippen LogP contribution is 2.31. The molecular weight excluding hydrogens is 318 g/mol. The first kappa shape index (κ1) is 16.0. The predicted octanol–water partition coefficient (Wildman–Crippen LogP) is 7.09. The van der Waals surface area contributed by atoms with Gasteiger partial charge in [-0.15, -0.1) is 0 Å². The molecule has 0 saturated carbocycles. The van der Waals surface area contributed by atoms with Gasteiger partial charge in [0, 0.05) is 28.2 Å². The zero-order chi connectivity index (χ0) is 17.9. The van der Waals surface area contributed by atoms with Crippen molar-refractivity contribution in [1.82, 2.24) is 0 Å². The number of hydrogen-bond donors (Lipinski definition) is 1. The van der Waals surface area contributed by atoms with E-state index in [2.05, 4.69) is 60.9 Å². The molecule has 0 aliphatic carbocycles. The summed E-state index contributed by atoms with van der Waals surface area (Å²) in [6, 6.07) is 22.6. The van der Waals surface area contributed by atoms with E-state index in [1.807, 2.05) is 36.4 Å². The van der Waals surface area contributed by atoms with E-state index in [4.69, 9.17) is 4.42 Å². The normalized spacial score (nSPS) is 11.6. The number of rotatable bonds is 5. The maximum atomic E-state index is 5.95. The van der Waals surface area contributed by atoms with Crippen molar-refractivity contribution in [3.8, 4) is 0 Å². The van der Waals surface area contributed by atoms with Crippen LogP contribution in [-0.4, -0.2) is 0 Å². The second kappa shape index (κ2) is 6.77. The number of furan rings is 1. The van der Waals surface area contributed by atoms with Crippen molar-refractivity contribution < 1.29 is 4.42 Å². The van der Waals surface area contributed by atoms with Gasteiger partial charge >= 0.3 is 0 Å². The second-order valence-electron chi connectivity index (χ2n) is 6.07. The molecule has 0 unspecified atom stereocenters. The van der Waals surface area contributed by atoms with Crippen LogP contribution in [0.1, 0.15) is 5.56 Å². The Morgan fingerprint density at radius 3 is 2.31 bits per heavy atom. The van der Waals surface area contributed by atoms with Gasteiger partial charge in [-0.2, -0.15) is 0 Å². The van der Waals surface area contributed by atoms with Crippen molar-refractivity contribution in [1.29, 1.82) is 0 Å². The summed E-state index contributed by atoms with van der Waals surface area (Å²) in [5.41, 5.74) is 5.97. The fraction of sp³-hybridized carbons (Fsp3) is 0. The molecule has 26 heavy (non-hydrogen) atoms. The lowest BCUT2D eigenvalue weighted by Crippen LogP contribution is -1.90. The number of nitrogens with one attached hydrogen (secondary N) is 1. The average Bonchev–Trinajstić information content (AvgIpc) is 3.04. The Morgan fingerprint density at radius 1 is 0.808 bits per heavy atom. The summed E-state index contributed by atoms with van der Waals surface area (Å²) in [4.78, 5) is 0. The Labute approximate surface area is 152 Å². The van der Waals surface area contributed by atoms with Crippen LogP contribution in [0.25, 0.3) is 27.5 Å². The summed E-state index contributed by atoms with van der Waals surface area (Å²) in [5, 5.41) is 5.71. The standard InChI is InChI=1S/C24H19NO/c1-3-7-17(4-2)18-10-12-19(13-11-18)25-20-14-15-22-21-8-5-6-9-23(21)26-24(22)16-20/h3-16,25H,1-2H2/b17-7+. The van der Waals surface area contributed by atoms with E-state index in [-0.39, 0.29) is 0 Å². The van der Waals surface area contributed by atoms with E-state index in [1.165, 1.54) is 0 Å². The third kappa shape index (κ3) is 2.93. The highest BCUT2D eigenvalue weighted by atomic mass is 16.3. The predicted molar refractivity (Wildman–Crippen MR) is 112 cm³/mol. The van der Waals surface area contributed by atoms with Crippen LogP contribution < -0.4 is 5.32 Å².